The fourth-order valence-corrected chi connectivity index (χ4v) is 8.07. The highest BCUT2D eigenvalue weighted by molar-refractivity contribution is 14.1. The van der Waals surface area contributed by atoms with Crippen LogP contribution in [0.3, 0.4) is 0 Å². The molecule has 0 fully saturated rings. The van der Waals surface area contributed by atoms with Crippen LogP contribution in [0.4, 0.5) is 4.39 Å². The molecule has 0 saturated heterocycles. The van der Waals surface area contributed by atoms with Gasteiger partial charge in [-0.3, -0.25) is 9.36 Å². The molecule has 12 heteroatoms. The average molecular weight is 849 g/mol. The molecule has 0 aliphatic carbocycles. The van der Waals surface area contributed by atoms with Crippen LogP contribution in [0.2, 0.25) is 10.0 Å². The Hall–Kier alpha value is -2.26. The third-order valence-electron chi connectivity index (χ3n) is 6.41. The third-order valence-corrected chi connectivity index (χ3v) is 9.41. The van der Waals surface area contributed by atoms with Gasteiger partial charge in [0.15, 0.2) is 4.80 Å². The Bertz CT molecular complexity index is 1920. The molecule has 216 valence electrons. The highest BCUT2D eigenvalue weighted by Crippen LogP contribution is 2.32. The first kappa shape index (κ1) is 31.2. The number of rotatable bonds is 7. The van der Waals surface area contributed by atoms with E-state index < -0.39 is 17.8 Å². The van der Waals surface area contributed by atoms with E-state index in [1.165, 1.54) is 28.0 Å². The molecule has 1 aliphatic heterocycles. The number of esters is 1. The zero-order valence-electron chi connectivity index (χ0n) is 22.1. The summed E-state index contributed by atoms with van der Waals surface area (Å²) in [5.41, 5.74) is 2.35. The number of thiazole rings is 1. The van der Waals surface area contributed by atoms with Crippen molar-refractivity contribution in [3.63, 3.8) is 0 Å². The number of carbonyl (C=O) groups excluding carboxylic acids is 1. The van der Waals surface area contributed by atoms with Gasteiger partial charge in [0.05, 0.1) is 32.0 Å². The van der Waals surface area contributed by atoms with Crippen LogP contribution in [0.5, 0.6) is 5.75 Å². The van der Waals surface area contributed by atoms with Crippen LogP contribution in [0.1, 0.15) is 36.6 Å². The van der Waals surface area contributed by atoms with Crippen LogP contribution in [0.15, 0.2) is 75.7 Å². The van der Waals surface area contributed by atoms with E-state index in [9.17, 15) is 14.0 Å². The van der Waals surface area contributed by atoms with Gasteiger partial charge < -0.3 is 9.47 Å². The molecule has 0 spiro atoms. The number of ether oxygens (including phenoxy) is 2. The molecule has 6 nitrogen and oxygen atoms in total. The molecule has 4 aromatic rings. The Morgan fingerprint density at radius 2 is 1.88 bits per heavy atom. The standard InChI is InChI=1S/C30H21Cl2FI2N2O4S/c1-3-40-29(39)25-15(2)36-30-37(26(25)16-5-8-20(33)9-6-16)28(38)24(42-30)11-18-10-21(34)13-23(35)27(18)41-14-17-4-7-19(31)12-22(17)32/h4-13,26H,3,14H2,1-2H3/b24-11-/t26-/m0/s1. The number of hydrogen-bond donors (Lipinski definition) is 0. The number of nitrogens with zero attached hydrogens (tertiary/aromatic N) is 2. The number of carbonyl (C=O) groups is 1. The molecule has 1 aliphatic rings. The summed E-state index contributed by atoms with van der Waals surface area (Å²) in [6.07, 6.45) is 1.76. The van der Waals surface area contributed by atoms with Crippen molar-refractivity contribution in [2.45, 2.75) is 26.5 Å². The van der Waals surface area contributed by atoms with Crippen molar-refractivity contribution < 1.29 is 18.7 Å². The van der Waals surface area contributed by atoms with Gasteiger partial charge >= 0.3 is 5.97 Å². The Morgan fingerprint density at radius 3 is 2.57 bits per heavy atom. The average Bonchev–Trinajstić information content (AvgIpc) is 3.23. The summed E-state index contributed by atoms with van der Waals surface area (Å²) in [5, 5.41) is 1.02. The van der Waals surface area contributed by atoms with Crippen LogP contribution < -0.4 is 19.6 Å². The minimum atomic E-state index is -0.832. The van der Waals surface area contributed by atoms with Crippen molar-refractivity contribution in [2.75, 3.05) is 6.61 Å². The van der Waals surface area contributed by atoms with Crippen LogP contribution in [-0.2, 0) is 16.1 Å². The lowest BCUT2D eigenvalue weighted by Crippen LogP contribution is -2.39. The van der Waals surface area contributed by atoms with E-state index in [0.717, 1.165) is 12.7 Å². The molecular weight excluding hydrogens is 828 g/mol. The van der Waals surface area contributed by atoms with E-state index in [1.54, 1.807) is 50.3 Å². The lowest BCUT2D eigenvalue weighted by molar-refractivity contribution is -0.139. The SMILES string of the molecule is CCOC(=O)C1=C(C)N=c2s/c(=C\c3cc(I)cc(I)c3OCc3ccc(Cl)cc3Cl)c(=O)n2[C@H]1c1ccc(F)cc1. The monoisotopic (exact) mass is 848 g/mol. The molecule has 0 saturated carbocycles. The van der Waals surface area contributed by atoms with Gasteiger partial charge in [-0.2, -0.15) is 0 Å². The Labute approximate surface area is 281 Å². The van der Waals surface area contributed by atoms with Crippen molar-refractivity contribution in [1.29, 1.82) is 0 Å². The van der Waals surface area contributed by atoms with Crippen molar-refractivity contribution in [1.82, 2.24) is 4.57 Å². The smallest absolute Gasteiger partial charge is 0.338 e. The van der Waals surface area contributed by atoms with Crippen LogP contribution >= 0.6 is 79.7 Å². The topological polar surface area (TPSA) is 69.9 Å². The summed E-state index contributed by atoms with van der Waals surface area (Å²) in [5.74, 6) is -0.414. The van der Waals surface area contributed by atoms with Gasteiger partial charge in [-0.25, -0.2) is 14.2 Å². The fraction of sp³-hybridized carbons (Fsp3) is 0.167. The Kier molecular flexibility index (Phi) is 9.77. The largest absolute Gasteiger partial charge is 0.487 e. The van der Waals surface area contributed by atoms with Crippen LogP contribution in [-0.4, -0.2) is 17.1 Å². The molecule has 0 radical (unpaired) electrons. The molecule has 0 N–H and O–H groups in total. The molecule has 0 amide bonds. The second-order valence-electron chi connectivity index (χ2n) is 9.18. The summed E-state index contributed by atoms with van der Waals surface area (Å²) in [6, 6.07) is 14.0. The second-order valence-corrected chi connectivity index (χ2v) is 13.4. The molecule has 5 rings (SSSR count). The van der Waals surface area contributed by atoms with Gasteiger partial charge in [0, 0.05) is 24.7 Å². The van der Waals surface area contributed by atoms with Crippen LogP contribution in [0.25, 0.3) is 6.08 Å². The quantitative estimate of drug-likeness (QED) is 0.148. The van der Waals surface area contributed by atoms with Gasteiger partial charge in [-0.1, -0.05) is 52.7 Å². The molecular formula is C30H21Cl2FI2N2O4S. The summed E-state index contributed by atoms with van der Waals surface area (Å²) in [4.78, 5) is 32.1. The number of benzene rings is 3. The van der Waals surface area contributed by atoms with Crippen molar-refractivity contribution in [2.24, 2.45) is 4.99 Å². The van der Waals surface area contributed by atoms with Gasteiger partial charge in [0.1, 0.15) is 18.2 Å². The maximum Gasteiger partial charge on any atom is 0.338 e. The second kappa shape index (κ2) is 13.2. The molecule has 0 bridgehead atoms. The molecule has 0 unspecified atom stereocenters. The van der Waals surface area contributed by atoms with Gasteiger partial charge in [-0.05, 0) is 107 Å². The lowest BCUT2D eigenvalue weighted by atomic mass is 9.96. The minimum Gasteiger partial charge on any atom is -0.487 e. The third kappa shape index (κ3) is 6.47. The van der Waals surface area contributed by atoms with Crippen molar-refractivity contribution >= 4 is 91.8 Å². The minimum absolute atomic E-state index is 0.158. The van der Waals surface area contributed by atoms with Gasteiger partial charge in [-0.15, -0.1) is 0 Å². The first-order valence-electron chi connectivity index (χ1n) is 12.6. The van der Waals surface area contributed by atoms with Crippen molar-refractivity contribution in [3.8, 4) is 5.75 Å². The number of halogens is 5. The zero-order valence-corrected chi connectivity index (χ0v) is 28.7. The molecule has 1 atom stereocenters. The highest BCUT2D eigenvalue weighted by atomic mass is 127. The number of hydrogen-bond acceptors (Lipinski definition) is 6. The molecule has 1 aromatic heterocycles. The fourth-order valence-electron chi connectivity index (χ4n) is 4.52. The summed E-state index contributed by atoms with van der Waals surface area (Å²) < 4.78 is 29.1. The predicted octanol–water partition coefficient (Wildman–Crippen LogP) is 7.03. The normalized spacial score (nSPS) is 14.9. The summed E-state index contributed by atoms with van der Waals surface area (Å²) in [7, 11) is 0. The van der Waals surface area contributed by atoms with Gasteiger partial charge in [0.2, 0.25) is 0 Å². The van der Waals surface area contributed by atoms with E-state index in [0.29, 0.717) is 42.0 Å². The Morgan fingerprint density at radius 1 is 1.14 bits per heavy atom. The van der Waals surface area contributed by atoms with E-state index in [1.807, 2.05) is 12.1 Å². The predicted molar refractivity (Wildman–Crippen MR) is 179 cm³/mol. The molecule has 42 heavy (non-hydrogen) atoms. The number of aromatic nitrogens is 1. The van der Waals surface area contributed by atoms with Crippen LogP contribution in [0, 0.1) is 13.0 Å². The molecule has 2 heterocycles. The highest BCUT2D eigenvalue weighted by Gasteiger charge is 2.33. The first-order chi connectivity index (χ1) is 20.1. The number of fused-ring (bicyclic) bond motifs is 1. The first-order valence-corrected chi connectivity index (χ1v) is 16.3. The maximum absolute atomic E-state index is 14.0. The Balaban J connectivity index is 1.64. The number of allylic oxidation sites excluding steroid dienone is 1. The summed E-state index contributed by atoms with van der Waals surface area (Å²) >= 11 is 18.0. The molecule has 3 aromatic carbocycles. The lowest BCUT2D eigenvalue weighted by Gasteiger charge is -2.24. The van der Waals surface area contributed by atoms with Gasteiger partial charge in [0.25, 0.3) is 5.56 Å². The van der Waals surface area contributed by atoms with E-state index in [4.69, 9.17) is 32.7 Å². The zero-order chi connectivity index (χ0) is 30.1. The summed E-state index contributed by atoms with van der Waals surface area (Å²) in [6.45, 7) is 3.77. The van der Waals surface area contributed by atoms with E-state index in [2.05, 4.69) is 50.2 Å². The maximum atomic E-state index is 14.0. The van der Waals surface area contributed by atoms with Crippen molar-refractivity contribution in [3.05, 3.63) is 125 Å². The van der Waals surface area contributed by atoms with E-state index >= 15 is 0 Å². The van der Waals surface area contributed by atoms with E-state index in [-0.39, 0.29) is 24.3 Å².